The summed E-state index contributed by atoms with van der Waals surface area (Å²) in [6.45, 7) is 2.77. The van der Waals surface area contributed by atoms with E-state index in [2.05, 4.69) is 16.1 Å². The lowest BCUT2D eigenvalue weighted by Crippen LogP contribution is -2.48. The van der Waals surface area contributed by atoms with Crippen LogP contribution in [0, 0.1) is 6.92 Å². The number of hydroxylamine groups is 1. The third-order valence-electron chi connectivity index (χ3n) is 5.60. The Morgan fingerprint density at radius 2 is 1.82 bits per heavy atom. The van der Waals surface area contributed by atoms with Gasteiger partial charge in [0.15, 0.2) is 0 Å². The highest BCUT2D eigenvalue weighted by molar-refractivity contribution is 5.93. The fraction of sp³-hybridized carbons (Fsp3) is 0.364. The molecule has 3 heterocycles. The molecule has 1 fully saturated rings. The molecule has 2 aliphatic rings. The van der Waals surface area contributed by atoms with E-state index in [-0.39, 0.29) is 18.1 Å². The number of benzene rings is 1. The van der Waals surface area contributed by atoms with Crippen LogP contribution in [0.5, 0.6) is 0 Å². The molecule has 1 aromatic carbocycles. The average Bonchev–Trinajstić information content (AvgIpc) is 3.38. The molecule has 4 rings (SSSR count). The Kier molecular flexibility index (Phi) is 6.07. The average molecular weight is 464 g/mol. The second kappa shape index (κ2) is 8.81. The summed E-state index contributed by atoms with van der Waals surface area (Å²) in [5.41, 5.74) is 1.75. The van der Waals surface area contributed by atoms with Crippen LogP contribution < -0.4 is 16.1 Å². The van der Waals surface area contributed by atoms with Crippen LogP contribution in [0.25, 0.3) is 0 Å². The van der Waals surface area contributed by atoms with Crippen LogP contribution in [0.1, 0.15) is 29.9 Å². The largest absolute Gasteiger partial charge is 0.465 e. The van der Waals surface area contributed by atoms with Gasteiger partial charge in [-0.1, -0.05) is 0 Å². The van der Waals surface area contributed by atoms with Crippen molar-refractivity contribution in [2.75, 3.05) is 18.4 Å². The molecular weight excluding hydrogens is 441 g/mol. The van der Waals surface area contributed by atoms with E-state index in [1.54, 1.807) is 17.0 Å². The number of aryl methyl sites for hydroxylation is 1. The van der Waals surface area contributed by atoms with Crippen molar-refractivity contribution in [3.63, 3.8) is 0 Å². The van der Waals surface area contributed by atoms with Crippen molar-refractivity contribution in [1.82, 2.24) is 15.7 Å². The number of likely N-dealkylation sites (tertiary alicyclic amines) is 1. The van der Waals surface area contributed by atoms with Crippen molar-refractivity contribution >= 4 is 17.6 Å². The van der Waals surface area contributed by atoms with Crippen LogP contribution in [-0.4, -0.2) is 35.5 Å². The molecule has 1 saturated heterocycles. The molecule has 0 saturated carbocycles. The number of amides is 3. The van der Waals surface area contributed by atoms with Gasteiger partial charge in [0, 0.05) is 31.6 Å². The molecular formula is C22H23F3N4O4. The van der Waals surface area contributed by atoms with E-state index in [0.717, 1.165) is 17.9 Å². The molecule has 3 amide bonds. The van der Waals surface area contributed by atoms with Gasteiger partial charge in [-0.25, -0.2) is 4.79 Å². The molecule has 11 heteroatoms. The molecule has 176 valence electrons. The Morgan fingerprint density at radius 1 is 1.12 bits per heavy atom. The SMILES string of the molecule is Cc1ccc(CNC(=O)C2=CC3(CCN(C(=O)Nc4ccc(C(F)(F)F)cc4)CC3)ON2)o1. The van der Waals surface area contributed by atoms with Gasteiger partial charge in [0.1, 0.15) is 22.8 Å². The number of nitrogens with one attached hydrogen (secondary N) is 3. The molecule has 2 aliphatic heterocycles. The summed E-state index contributed by atoms with van der Waals surface area (Å²) in [6.07, 6.45) is -1.80. The summed E-state index contributed by atoms with van der Waals surface area (Å²) < 4.78 is 43.4. The predicted octanol–water partition coefficient (Wildman–Crippen LogP) is 3.71. The van der Waals surface area contributed by atoms with E-state index in [9.17, 15) is 22.8 Å². The van der Waals surface area contributed by atoms with Crippen LogP contribution in [0.15, 0.2) is 52.6 Å². The van der Waals surface area contributed by atoms with Crippen molar-refractivity contribution in [3.8, 4) is 0 Å². The van der Waals surface area contributed by atoms with Crippen molar-refractivity contribution < 1.29 is 32.0 Å². The minimum Gasteiger partial charge on any atom is -0.465 e. The minimum atomic E-state index is -4.43. The van der Waals surface area contributed by atoms with Crippen LogP contribution >= 0.6 is 0 Å². The Labute approximate surface area is 187 Å². The highest BCUT2D eigenvalue weighted by atomic mass is 19.4. The summed E-state index contributed by atoms with van der Waals surface area (Å²) in [5, 5.41) is 5.36. The first-order valence-corrected chi connectivity index (χ1v) is 10.4. The number of piperidine rings is 1. The number of hydrogen-bond donors (Lipinski definition) is 3. The first kappa shape index (κ1) is 22.7. The summed E-state index contributed by atoms with van der Waals surface area (Å²) in [5.74, 6) is 1.07. The molecule has 1 spiro atoms. The van der Waals surface area contributed by atoms with Gasteiger partial charge in [-0.15, -0.1) is 0 Å². The zero-order valence-electron chi connectivity index (χ0n) is 17.8. The molecule has 2 aromatic rings. The molecule has 0 atom stereocenters. The maximum Gasteiger partial charge on any atom is 0.416 e. The number of urea groups is 1. The number of carbonyl (C=O) groups excluding carboxylic acids is 2. The molecule has 1 aromatic heterocycles. The zero-order chi connectivity index (χ0) is 23.6. The number of hydrogen-bond acceptors (Lipinski definition) is 5. The van der Waals surface area contributed by atoms with Gasteiger partial charge < -0.3 is 20.0 Å². The maximum atomic E-state index is 12.7. The number of rotatable bonds is 4. The second-order valence-electron chi connectivity index (χ2n) is 8.01. The lowest BCUT2D eigenvalue weighted by Gasteiger charge is -2.36. The monoisotopic (exact) mass is 464 g/mol. The summed E-state index contributed by atoms with van der Waals surface area (Å²) in [6, 6.07) is 7.46. The van der Waals surface area contributed by atoms with E-state index in [1.807, 2.05) is 13.0 Å². The number of anilines is 1. The summed E-state index contributed by atoms with van der Waals surface area (Å²) >= 11 is 0. The van der Waals surface area contributed by atoms with Crippen LogP contribution in [-0.2, 0) is 22.4 Å². The fourth-order valence-electron chi connectivity index (χ4n) is 3.71. The maximum absolute atomic E-state index is 12.7. The highest BCUT2D eigenvalue weighted by Gasteiger charge is 2.41. The van der Waals surface area contributed by atoms with Crippen LogP contribution in [0.3, 0.4) is 0 Å². The highest BCUT2D eigenvalue weighted by Crippen LogP contribution is 2.33. The molecule has 0 radical (unpaired) electrons. The number of carbonyl (C=O) groups is 2. The quantitative estimate of drug-likeness (QED) is 0.641. The van der Waals surface area contributed by atoms with E-state index < -0.39 is 23.4 Å². The third kappa shape index (κ3) is 5.30. The molecule has 3 N–H and O–H groups in total. The summed E-state index contributed by atoms with van der Waals surface area (Å²) in [4.78, 5) is 32.1. The van der Waals surface area contributed by atoms with Crippen molar-refractivity contribution in [2.24, 2.45) is 0 Å². The molecule has 8 nitrogen and oxygen atoms in total. The van der Waals surface area contributed by atoms with Crippen molar-refractivity contribution in [1.29, 1.82) is 0 Å². The first-order valence-electron chi connectivity index (χ1n) is 10.4. The smallest absolute Gasteiger partial charge is 0.416 e. The lowest BCUT2D eigenvalue weighted by molar-refractivity contribution is -0.137. The molecule has 0 aliphatic carbocycles. The van der Waals surface area contributed by atoms with Crippen LogP contribution in [0.2, 0.25) is 0 Å². The van der Waals surface area contributed by atoms with Gasteiger partial charge in [-0.3, -0.25) is 15.1 Å². The molecule has 0 unspecified atom stereocenters. The Bertz CT molecular complexity index is 1050. The van der Waals surface area contributed by atoms with Gasteiger partial charge in [-0.05, 0) is 49.4 Å². The van der Waals surface area contributed by atoms with Gasteiger partial charge >= 0.3 is 12.2 Å². The van der Waals surface area contributed by atoms with Crippen molar-refractivity contribution in [2.45, 2.75) is 38.1 Å². The summed E-state index contributed by atoms with van der Waals surface area (Å²) in [7, 11) is 0. The first-order chi connectivity index (χ1) is 15.6. The zero-order valence-corrected chi connectivity index (χ0v) is 17.8. The van der Waals surface area contributed by atoms with Gasteiger partial charge in [-0.2, -0.15) is 13.2 Å². The normalized spacial score (nSPS) is 17.5. The van der Waals surface area contributed by atoms with Crippen molar-refractivity contribution in [3.05, 3.63) is 65.3 Å². The topological polar surface area (TPSA) is 95.8 Å². The van der Waals surface area contributed by atoms with E-state index >= 15 is 0 Å². The molecule has 33 heavy (non-hydrogen) atoms. The van der Waals surface area contributed by atoms with Gasteiger partial charge in [0.25, 0.3) is 5.91 Å². The number of nitrogens with zero attached hydrogens (tertiary/aromatic N) is 1. The van der Waals surface area contributed by atoms with E-state index in [1.165, 1.54) is 12.1 Å². The van der Waals surface area contributed by atoms with E-state index in [4.69, 9.17) is 9.25 Å². The lowest BCUT2D eigenvalue weighted by atomic mass is 9.91. The third-order valence-corrected chi connectivity index (χ3v) is 5.60. The minimum absolute atomic E-state index is 0.247. The number of halogens is 3. The van der Waals surface area contributed by atoms with Crippen LogP contribution in [0.4, 0.5) is 23.7 Å². The fourth-order valence-corrected chi connectivity index (χ4v) is 3.71. The Balaban J connectivity index is 1.28. The predicted molar refractivity (Wildman–Crippen MR) is 112 cm³/mol. The van der Waals surface area contributed by atoms with Gasteiger partial charge in [0.2, 0.25) is 0 Å². The standard InChI is InChI=1S/C22H23F3N4O4/c1-14-2-7-17(32-14)13-26-19(30)18-12-21(33-28-18)8-10-29(11-9-21)20(31)27-16-5-3-15(4-6-16)22(23,24)25/h2-7,12,28H,8-11,13H2,1H3,(H,26,30)(H,27,31). The molecule has 0 bridgehead atoms. The number of alkyl halides is 3. The Morgan fingerprint density at radius 3 is 2.42 bits per heavy atom. The second-order valence-corrected chi connectivity index (χ2v) is 8.01. The number of furan rings is 1. The van der Waals surface area contributed by atoms with Gasteiger partial charge in [0.05, 0.1) is 12.1 Å². The van der Waals surface area contributed by atoms with E-state index in [0.29, 0.717) is 37.4 Å². The Hall–Kier alpha value is -3.47.